The average molecular weight is 230 g/mol. The Bertz CT molecular complexity index is 250. The summed E-state index contributed by atoms with van der Waals surface area (Å²) in [7, 11) is 0. The fourth-order valence-electron chi connectivity index (χ4n) is 0.918. The van der Waals surface area contributed by atoms with Crippen molar-refractivity contribution in [3.63, 3.8) is 0 Å². The molecule has 0 aromatic rings. The van der Waals surface area contributed by atoms with E-state index in [0.29, 0.717) is 6.42 Å². The van der Waals surface area contributed by atoms with Gasteiger partial charge in [-0.25, -0.2) is 0 Å². The van der Waals surface area contributed by atoms with E-state index in [1.54, 1.807) is 27.7 Å². The second-order valence-electron chi connectivity index (χ2n) is 5.31. The standard InChI is InChI=1S/C12H22O4/c1-8(2)7-10(13)15-9(3)16-11(14)12(4,5)6/h8-9H,7H2,1-6H3. The maximum absolute atomic E-state index is 11.5. The number of hydrogen-bond donors (Lipinski definition) is 0. The lowest BCUT2D eigenvalue weighted by Gasteiger charge is -2.21. The second kappa shape index (κ2) is 5.87. The van der Waals surface area contributed by atoms with Crippen molar-refractivity contribution in [1.29, 1.82) is 0 Å². The third-order valence-electron chi connectivity index (χ3n) is 1.76. The second-order valence-corrected chi connectivity index (χ2v) is 5.31. The molecule has 0 N–H and O–H groups in total. The highest BCUT2D eigenvalue weighted by atomic mass is 16.7. The molecule has 1 unspecified atom stereocenters. The fraction of sp³-hybridized carbons (Fsp3) is 0.833. The smallest absolute Gasteiger partial charge is 0.314 e. The number of carbonyl (C=O) groups excluding carboxylic acids is 2. The maximum Gasteiger partial charge on any atom is 0.314 e. The normalized spacial score (nSPS) is 13.4. The molecule has 16 heavy (non-hydrogen) atoms. The van der Waals surface area contributed by atoms with Crippen LogP contribution >= 0.6 is 0 Å². The molecule has 0 bridgehead atoms. The lowest BCUT2D eigenvalue weighted by molar-refractivity contribution is -0.190. The van der Waals surface area contributed by atoms with Crippen LogP contribution in [-0.4, -0.2) is 18.2 Å². The molecule has 94 valence electrons. The molecule has 0 aliphatic rings. The van der Waals surface area contributed by atoms with Crippen LogP contribution in [0.1, 0.15) is 48.0 Å². The Hall–Kier alpha value is -1.06. The first-order chi connectivity index (χ1) is 7.12. The van der Waals surface area contributed by atoms with Gasteiger partial charge < -0.3 is 9.47 Å². The van der Waals surface area contributed by atoms with E-state index in [1.807, 2.05) is 13.8 Å². The Kier molecular flexibility index (Phi) is 5.48. The summed E-state index contributed by atoms with van der Waals surface area (Å²) in [4.78, 5) is 22.7. The van der Waals surface area contributed by atoms with Gasteiger partial charge in [0.2, 0.25) is 6.29 Å². The van der Waals surface area contributed by atoms with Gasteiger partial charge in [-0.3, -0.25) is 9.59 Å². The third-order valence-corrected chi connectivity index (χ3v) is 1.76. The van der Waals surface area contributed by atoms with Crippen molar-refractivity contribution < 1.29 is 19.1 Å². The van der Waals surface area contributed by atoms with E-state index in [9.17, 15) is 9.59 Å². The molecule has 0 aromatic carbocycles. The zero-order chi connectivity index (χ0) is 12.9. The van der Waals surface area contributed by atoms with E-state index in [-0.39, 0.29) is 17.9 Å². The largest absolute Gasteiger partial charge is 0.425 e. The third kappa shape index (κ3) is 6.43. The summed E-state index contributed by atoms with van der Waals surface area (Å²) in [6.07, 6.45) is -0.491. The summed E-state index contributed by atoms with van der Waals surface area (Å²) in [5.41, 5.74) is -0.585. The first-order valence-corrected chi connectivity index (χ1v) is 5.53. The van der Waals surface area contributed by atoms with Crippen molar-refractivity contribution in [3.05, 3.63) is 0 Å². The minimum atomic E-state index is -0.821. The molecule has 1 atom stereocenters. The van der Waals surface area contributed by atoms with E-state index in [1.165, 1.54) is 0 Å². The van der Waals surface area contributed by atoms with Crippen LogP contribution in [-0.2, 0) is 19.1 Å². The predicted molar refractivity (Wildman–Crippen MR) is 60.6 cm³/mol. The quantitative estimate of drug-likeness (QED) is 0.550. The Balaban J connectivity index is 4.05. The van der Waals surface area contributed by atoms with Gasteiger partial charge in [0.1, 0.15) is 0 Å². The lowest BCUT2D eigenvalue weighted by atomic mass is 9.97. The van der Waals surface area contributed by atoms with Gasteiger partial charge in [-0.15, -0.1) is 0 Å². The molecule has 0 amide bonds. The molecule has 0 aromatic heterocycles. The van der Waals surface area contributed by atoms with Gasteiger partial charge in [-0.05, 0) is 26.7 Å². The molecule has 0 fully saturated rings. The van der Waals surface area contributed by atoms with Gasteiger partial charge in [0.15, 0.2) is 0 Å². The average Bonchev–Trinajstić information content (AvgIpc) is 1.98. The molecular weight excluding hydrogens is 208 g/mol. The van der Waals surface area contributed by atoms with Crippen LogP contribution in [0.15, 0.2) is 0 Å². The van der Waals surface area contributed by atoms with E-state index in [4.69, 9.17) is 9.47 Å². The van der Waals surface area contributed by atoms with E-state index in [0.717, 1.165) is 0 Å². The summed E-state index contributed by atoms with van der Waals surface area (Å²) in [6, 6.07) is 0. The fourth-order valence-corrected chi connectivity index (χ4v) is 0.918. The van der Waals surface area contributed by atoms with Gasteiger partial charge >= 0.3 is 11.9 Å². The Morgan fingerprint density at radius 1 is 1.06 bits per heavy atom. The molecule has 0 spiro atoms. The summed E-state index contributed by atoms with van der Waals surface area (Å²) >= 11 is 0. The maximum atomic E-state index is 11.5. The summed E-state index contributed by atoms with van der Waals surface area (Å²) in [5.74, 6) is -0.487. The van der Waals surface area contributed by atoms with E-state index < -0.39 is 11.7 Å². The number of rotatable bonds is 4. The molecule has 4 nitrogen and oxygen atoms in total. The topological polar surface area (TPSA) is 52.6 Å². The summed E-state index contributed by atoms with van der Waals surface area (Å²) < 4.78 is 9.93. The van der Waals surface area contributed by atoms with Gasteiger partial charge in [0.25, 0.3) is 0 Å². The van der Waals surface area contributed by atoms with Crippen molar-refractivity contribution in [2.75, 3.05) is 0 Å². The first kappa shape index (κ1) is 14.9. The molecule has 0 heterocycles. The van der Waals surface area contributed by atoms with Crippen molar-refractivity contribution in [2.24, 2.45) is 11.3 Å². The highest BCUT2D eigenvalue weighted by Crippen LogP contribution is 2.16. The van der Waals surface area contributed by atoms with Crippen LogP contribution in [0.3, 0.4) is 0 Å². The number of ether oxygens (including phenoxy) is 2. The van der Waals surface area contributed by atoms with Crippen LogP contribution in [0.5, 0.6) is 0 Å². The van der Waals surface area contributed by atoms with Crippen LogP contribution in [0.2, 0.25) is 0 Å². The molecule has 0 saturated carbocycles. The molecule has 0 aliphatic carbocycles. The molecule has 0 aliphatic heterocycles. The number of esters is 2. The SMILES string of the molecule is CC(C)CC(=O)OC(C)OC(=O)C(C)(C)C. The predicted octanol–water partition coefficient (Wildman–Crippen LogP) is 2.51. The monoisotopic (exact) mass is 230 g/mol. The van der Waals surface area contributed by atoms with Crippen LogP contribution in [0.4, 0.5) is 0 Å². The first-order valence-electron chi connectivity index (χ1n) is 5.53. The molecule has 4 heteroatoms. The van der Waals surface area contributed by atoms with Crippen molar-refractivity contribution in [1.82, 2.24) is 0 Å². The lowest BCUT2D eigenvalue weighted by Crippen LogP contribution is -2.29. The number of hydrogen-bond acceptors (Lipinski definition) is 4. The zero-order valence-electron chi connectivity index (χ0n) is 11.0. The van der Waals surface area contributed by atoms with Gasteiger partial charge in [0.05, 0.1) is 5.41 Å². The molecule has 0 rings (SSSR count). The highest BCUT2D eigenvalue weighted by molar-refractivity contribution is 5.75. The Labute approximate surface area is 97.3 Å². The Morgan fingerprint density at radius 2 is 1.56 bits per heavy atom. The minimum absolute atomic E-state index is 0.234. The zero-order valence-corrected chi connectivity index (χ0v) is 11.0. The van der Waals surface area contributed by atoms with Gasteiger partial charge in [0, 0.05) is 13.3 Å². The summed E-state index contributed by atoms with van der Waals surface area (Å²) in [5, 5.41) is 0. The van der Waals surface area contributed by atoms with E-state index in [2.05, 4.69) is 0 Å². The van der Waals surface area contributed by atoms with Crippen molar-refractivity contribution >= 4 is 11.9 Å². The van der Waals surface area contributed by atoms with Crippen molar-refractivity contribution in [3.8, 4) is 0 Å². The molecular formula is C12H22O4. The van der Waals surface area contributed by atoms with Crippen LogP contribution in [0.25, 0.3) is 0 Å². The molecule has 0 radical (unpaired) electrons. The number of carbonyl (C=O) groups is 2. The summed E-state index contributed by atoms with van der Waals surface area (Å²) in [6.45, 7) is 10.6. The highest BCUT2D eigenvalue weighted by Gasteiger charge is 2.26. The van der Waals surface area contributed by atoms with E-state index >= 15 is 0 Å². The van der Waals surface area contributed by atoms with Crippen molar-refractivity contribution in [2.45, 2.75) is 54.3 Å². The molecule has 0 saturated heterocycles. The minimum Gasteiger partial charge on any atom is -0.425 e. The Morgan fingerprint density at radius 3 is 1.94 bits per heavy atom. The van der Waals surface area contributed by atoms with Gasteiger partial charge in [-0.2, -0.15) is 0 Å². The van der Waals surface area contributed by atoms with Crippen LogP contribution in [0, 0.1) is 11.3 Å². The van der Waals surface area contributed by atoms with Crippen LogP contribution < -0.4 is 0 Å². The van der Waals surface area contributed by atoms with Gasteiger partial charge in [-0.1, -0.05) is 13.8 Å².